The summed E-state index contributed by atoms with van der Waals surface area (Å²) in [5.41, 5.74) is 1.07. The van der Waals surface area contributed by atoms with Gasteiger partial charge in [0.05, 0.1) is 0 Å². The van der Waals surface area contributed by atoms with Crippen LogP contribution < -0.4 is 5.32 Å². The molecular formula is C13H15Cl2N. The molecular weight excluding hydrogens is 241 g/mol. The molecule has 1 atom stereocenters. The molecule has 0 aromatic heterocycles. The summed E-state index contributed by atoms with van der Waals surface area (Å²) in [6.07, 6.45) is 6.62. The van der Waals surface area contributed by atoms with Crippen molar-refractivity contribution in [2.24, 2.45) is 0 Å². The molecule has 0 heterocycles. The molecule has 0 amide bonds. The zero-order valence-corrected chi connectivity index (χ0v) is 10.7. The number of hydrogen-bond acceptors (Lipinski definition) is 1. The molecule has 0 radical (unpaired) electrons. The van der Waals surface area contributed by atoms with Crippen molar-refractivity contribution >= 4 is 23.2 Å². The van der Waals surface area contributed by atoms with Crippen LogP contribution in [0.3, 0.4) is 0 Å². The lowest BCUT2D eigenvalue weighted by Gasteiger charge is -2.20. The Labute approximate surface area is 106 Å². The average Bonchev–Trinajstić information content (AvgIpc) is 2.74. The van der Waals surface area contributed by atoms with E-state index in [2.05, 4.69) is 24.4 Å². The zero-order chi connectivity index (χ0) is 11.5. The van der Waals surface area contributed by atoms with Gasteiger partial charge in [0.2, 0.25) is 0 Å². The SMILES string of the molecule is CC(NC1CC=CC1)c1cc(Cl)ccc1Cl. The van der Waals surface area contributed by atoms with Gasteiger partial charge in [-0.1, -0.05) is 35.4 Å². The third-order valence-corrected chi connectivity index (χ3v) is 3.50. The Morgan fingerprint density at radius 3 is 2.62 bits per heavy atom. The van der Waals surface area contributed by atoms with Crippen LogP contribution in [0.2, 0.25) is 10.0 Å². The number of halogens is 2. The highest BCUT2D eigenvalue weighted by Gasteiger charge is 2.16. The lowest BCUT2D eigenvalue weighted by molar-refractivity contribution is 0.471. The van der Waals surface area contributed by atoms with Gasteiger partial charge in [-0.3, -0.25) is 0 Å². The third-order valence-electron chi connectivity index (χ3n) is 2.92. The fraction of sp³-hybridized carbons (Fsp3) is 0.385. The van der Waals surface area contributed by atoms with Crippen LogP contribution in [0.25, 0.3) is 0 Å². The second kappa shape index (κ2) is 5.22. The summed E-state index contributed by atoms with van der Waals surface area (Å²) in [5, 5.41) is 5.06. The second-order valence-electron chi connectivity index (χ2n) is 4.19. The van der Waals surface area contributed by atoms with E-state index in [1.54, 1.807) is 0 Å². The molecule has 1 unspecified atom stereocenters. The molecule has 1 aliphatic carbocycles. The minimum atomic E-state index is 0.232. The number of hydrogen-bond donors (Lipinski definition) is 1. The Morgan fingerprint density at radius 2 is 1.94 bits per heavy atom. The van der Waals surface area contributed by atoms with Crippen molar-refractivity contribution in [1.29, 1.82) is 0 Å². The van der Waals surface area contributed by atoms with Gasteiger partial charge in [0, 0.05) is 22.1 Å². The van der Waals surface area contributed by atoms with E-state index in [1.807, 2.05) is 18.2 Å². The van der Waals surface area contributed by atoms with Crippen LogP contribution in [-0.2, 0) is 0 Å². The maximum atomic E-state index is 6.16. The number of benzene rings is 1. The van der Waals surface area contributed by atoms with Crippen LogP contribution in [0.4, 0.5) is 0 Å². The molecule has 0 bridgehead atoms. The standard InChI is InChI=1S/C13H15Cl2N/c1-9(16-11-4-2-3-5-11)12-8-10(14)6-7-13(12)15/h2-3,6-9,11,16H,4-5H2,1H3. The summed E-state index contributed by atoms with van der Waals surface area (Å²) in [6.45, 7) is 2.12. The van der Waals surface area contributed by atoms with Gasteiger partial charge in [-0.05, 0) is 43.5 Å². The van der Waals surface area contributed by atoms with Crippen LogP contribution in [-0.4, -0.2) is 6.04 Å². The first-order valence-electron chi connectivity index (χ1n) is 5.53. The highest BCUT2D eigenvalue weighted by Crippen LogP contribution is 2.27. The topological polar surface area (TPSA) is 12.0 Å². The molecule has 16 heavy (non-hydrogen) atoms. The molecule has 2 rings (SSSR count). The molecule has 0 aliphatic heterocycles. The molecule has 3 heteroatoms. The highest BCUT2D eigenvalue weighted by molar-refractivity contribution is 6.33. The Balaban J connectivity index is 2.07. The zero-order valence-electron chi connectivity index (χ0n) is 9.21. The van der Waals surface area contributed by atoms with E-state index in [4.69, 9.17) is 23.2 Å². The predicted octanol–water partition coefficient (Wildman–Crippen LogP) is 4.36. The molecule has 1 nitrogen and oxygen atoms in total. The summed E-state index contributed by atoms with van der Waals surface area (Å²) >= 11 is 12.1. The first-order chi connectivity index (χ1) is 7.66. The van der Waals surface area contributed by atoms with Crippen molar-refractivity contribution in [3.8, 4) is 0 Å². The molecule has 1 aromatic carbocycles. The maximum absolute atomic E-state index is 6.16. The molecule has 1 aliphatic rings. The van der Waals surface area contributed by atoms with Gasteiger partial charge in [0.1, 0.15) is 0 Å². The third kappa shape index (κ3) is 2.79. The summed E-state index contributed by atoms with van der Waals surface area (Å²) in [5.74, 6) is 0. The van der Waals surface area contributed by atoms with Crippen LogP contribution in [0.5, 0.6) is 0 Å². The van der Waals surface area contributed by atoms with Gasteiger partial charge in [-0.2, -0.15) is 0 Å². The van der Waals surface area contributed by atoms with Gasteiger partial charge < -0.3 is 5.32 Å². The molecule has 1 aromatic rings. The van der Waals surface area contributed by atoms with Gasteiger partial charge in [-0.15, -0.1) is 0 Å². The molecule has 0 saturated heterocycles. The second-order valence-corrected chi connectivity index (χ2v) is 5.04. The van der Waals surface area contributed by atoms with Crippen molar-refractivity contribution in [2.45, 2.75) is 31.8 Å². The monoisotopic (exact) mass is 255 g/mol. The Kier molecular flexibility index (Phi) is 3.91. The Bertz CT molecular complexity index is 393. The van der Waals surface area contributed by atoms with E-state index in [-0.39, 0.29) is 6.04 Å². The minimum absolute atomic E-state index is 0.232. The van der Waals surface area contributed by atoms with E-state index >= 15 is 0 Å². The van der Waals surface area contributed by atoms with Gasteiger partial charge in [0.25, 0.3) is 0 Å². The predicted molar refractivity (Wildman–Crippen MR) is 70.2 cm³/mol. The Morgan fingerprint density at radius 1 is 1.25 bits per heavy atom. The minimum Gasteiger partial charge on any atom is -0.307 e. The first-order valence-corrected chi connectivity index (χ1v) is 6.28. The van der Waals surface area contributed by atoms with Crippen molar-refractivity contribution in [2.75, 3.05) is 0 Å². The van der Waals surface area contributed by atoms with Crippen LogP contribution in [0.15, 0.2) is 30.4 Å². The van der Waals surface area contributed by atoms with Crippen molar-refractivity contribution in [1.82, 2.24) is 5.32 Å². The largest absolute Gasteiger partial charge is 0.307 e. The summed E-state index contributed by atoms with van der Waals surface area (Å²) in [4.78, 5) is 0. The normalized spacial score (nSPS) is 17.9. The van der Waals surface area contributed by atoms with E-state index in [1.165, 1.54) is 0 Å². The number of rotatable bonds is 3. The van der Waals surface area contributed by atoms with Gasteiger partial charge >= 0.3 is 0 Å². The first kappa shape index (κ1) is 12.0. The molecule has 1 N–H and O–H groups in total. The van der Waals surface area contributed by atoms with Crippen molar-refractivity contribution in [3.05, 3.63) is 46.0 Å². The van der Waals surface area contributed by atoms with E-state index < -0.39 is 0 Å². The van der Waals surface area contributed by atoms with E-state index in [0.29, 0.717) is 6.04 Å². The lowest BCUT2D eigenvalue weighted by Crippen LogP contribution is -2.29. The molecule has 0 saturated carbocycles. The number of nitrogens with one attached hydrogen (secondary N) is 1. The summed E-state index contributed by atoms with van der Waals surface area (Å²) in [6, 6.07) is 6.37. The molecule has 0 spiro atoms. The lowest BCUT2D eigenvalue weighted by atomic mass is 10.1. The molecule has 0 fully saturated rings. The Hall–Kier alpha value is -0.500. The van der Waals surface area contributed by atoms with Crippen LogP contribution in [0, 0.1) is 0 Å². The van der Waals surface area contributed by atoms with E-state index in [0.717, 1.165) is 28.5 Å². The highest BCUT2D eigenvalue weighted by atomic mass is 35.5. The smallest absolute Gasteiger partial charge is 0.0454 e. The quantitative estimate of drug-likeness (QED) is 0.792. The van der Waals surface area contributed by atoms with Gasteiger partial charge in [0.15, 0.2) is 0 Å². The molecule has 86 valence electrons. The summed E-state index contributed by atoms with van der Waals surface area (Å²) < 4.78 is 0. The summed E-state index contributed by atoms with van der Waals surface area (Å²) in [7, 11) is 0. The van der Waals surface area contributed by atoms with Crippen molar-refractivity contribution in [3.63, 3.8) is 0 Å². The van der Waals surface area contributed by atoms with Crippen molar-refractivity contribution < 1.29 is 0 Å². The van der Waals surface area contributed by atoms with Gasteiger partial charge in [-0.25, -0.2) is 0 Å². The maximum Gasteiger partial charge on any atom is 0.0454 e. The van der Waals surface area contributed by atoms with Crippen LogP contribution in [0.1, 0.15) is 31.4 Å². The fourth-order valence-corrected chi connectivity index (χ4v) is 2.50. The average molecular weight is 256 g/mol. The fourth-order valence-electron chi connectivity index (χ4n) is 2.04. The van der Waals surface area contributed by atoms with E-state index in [9.17, 15) is 0 Å². The van der Waals surface area contributed by atoms with Crippen LogP contribution >= 0.6 is 23.2 Å².